The number of nitrogens with zero attached hydrogens (tertiary/aromatic N) is 5. The Kier molecular flexibility index (Phi) is 5.16. The molecule has 0 radical (unpaired) electrons. The van der Waals surface area contributed by atoms with E-state index >= 15 is 0 Å². The van der Waals surface area contributed by atoms with Crippen molar-refractivity contribution in [2.75, 3.05) is 26.0 Å². The van der Waals surface area contributed by atoms with E-state index in [4.69, 9.17) is 4.74 Å². The van der Waals surface area contributed by atoms with Gasteiger partial charge in [-0.2, -0.15) is 0 Å². The van der Waals surface area contributed by atoms with Crippen LogP contribution in [-0.2, 0) is 13.0 Å². The molecule has 33 heavy (non-hydrogen) atoms. The zero-order valence-electron chi connectivity index (χ0n) is 18.6. The van der Waals surface area contributed by atoms with Crippen LogP contribution in [0.25, 0.3) is 16.6 Å². The number of anilines is 1. The van der Waals surface area contributed by atoms with E-state index in [-0.39, 0.29) is 18.3 Å². The lowest BCUT2D eigenvalue weighted by Crippen LogP contribution is -2.23. The standard InChI is InChI=1S/C24H23FN6O2/c1-14-15(4-6-20(29-14)23(32)30(2)3)18-11-28-24(31-13-26-12-21(18)31)27-10-17-16-8-9-33-22(16)7-5-19(17)25/h4-7,11-13H,8-10H2,1-3H3,(H,27,28). The first-order valence-electron chi connectivity index (χ1n) is 10.6. The van der Waals surface area contributed by atoms with Gasteiger partial charge in [0.25, 0.3) is 5.91 Å². The third-order valence-corrected chi connectivity index (χ3v) is 5.82. The molecular weight excluding hydrogens is 423 g/mol. The topological polar surface area (TPSA) is 84.7 Å². The van der Waals surface area contributed by atoms with Crippen LogP contribution in [0.15, 0.2) is 43.0 Å². The molecule has 3 aromatic heterocycles. The summed E-state index contributed by atoms with van der Waals surface area (Å²) in [5.74, 6) is 0.872. The molecule has 1 aliphatic heterocycles. The van der Waals surface area contributed by atoms with Crippen LogP contribution in [0.2, 0.25) is 0 Å². The summed E-state index contributed by atoms with van der Waals surface area (Å²) in [6.45, 7) is 2.71. The van der Waals surface area contributed by atoms with Crippen molar-refractivity contribution in [3.63, 3.8) is 0 Å². The van der Waals surface area contributed by atoms with Crippen molar-refractivity contribution < 1.29 is 13.9 Å². The van der Waals surface area contributed by atoms with E-state index in [9.17, 15) is 9.18 Å². The molecule has 1 aliphatic rings. The highest BCUT2D eigenvalue weighted by atomic mass is 19.1. The minimum absolute atomic E-state index is 0.151. The Balaban J connectivity index is 1.47. The van der Waals surface area contributed by atoms with Gasteiger partial charge in [0, 0.05) is 61.2 Å². The molecule has 0 aliphatic carbocycles. The third kappa shape index (κ3) is 3.65. The van der Waals surface area contributed by atoms with Crippen LogP contribution in [0.4, 0.5) is 10.3 Å². The van der Waals surface area contributed by atoms with E-state index < -0.39 is 0 Å². The molecule has 4 aromatic rings. The van der Waals surface area contributed by atoms with E-state index in [1.807, 2.05) is 17.4 Å². The van der Waals surface area contributed by atoms with Gasteiger partial charge in [0.05, 0.1) is 18.3 Å². The molecule has 0 saturated carbocycles. The number of hydrogen-bond acceptors (Lipinski definition) is 6. The highest BCUT2D eigenvalue weighted by Crippen LogP contribution is 2.31. The maximum absolute atomic E-state index is 14.5. The summed E-state index contributed by atoms with van der Waals surface area (Å²) in [5.41, 5.74) is 5.12. The zero-order valence-corrected chi connectivity index (χ0v) is 18.6. The lowest BCUT2D eigenvalue weighted by Gasteiger charge is -2.14. The quantitative estimate of drug-likeness (QED) is 0.505. The van der Waals surface area contributed by atoms with Crippen molar-refractivity contribution in [3.8, 4) is 16.9 Å². The van der Waals surface area contributed by atoms with Gasteiger partial charge in [-0.1, -0.05) is 6.07 Å². The fraction of sp³-hybridized carbons (Fsp3) is 0.250. The molecule has 0 fully saturated rings. The fourth-order valence-electron chi connectivity index (χ4n) is 4.12. The lowest BCUT2D eigenvalue weighted by molar-refractivity contribution is 0.0822. The summed E-state index contributed by atoms with van der Waals surface area (Å²) in [6.07, 6.45) is 5.84. The molecule has 9 heteroatoms. The number of aromatic nitrogens is 4. The Hall–Kier alpha value is -4.01. The Morgan fingerprint density at radius 3 is 2.85 bits per heavy atom. The number of hydrogen-bond donors (Lipinski definition) is 1. The second-order valence-corrected chi connectivity index (χ2v) is 8.13. The number of rotatable bonds is 5. The van der Waals surface area contributed by atoms with Gasteiger partial charge in [0.1, 0.15) is 23.6 Å². The van der Waals surface area contributed by atoms with Gasteiger partial charge in [-0.25, -0.2) is 19.3 Å². The van der Waals surface area contributed by atoms with Crippen molar-refractivity contribution in [2.24, 2.45) is 0 Å². The monoisotopic (exact) mass is 446 g/mol. The number of amides is 1. The van der Waals surface area contributed by atoms with E-state index in [1.165, 1.54) is 11.0 Å². The predicted octanol–water partition coefficient (Wildman–Crippen LogP) is 3.49. The summed E-state index contributed by atoms with van der Waals surface area (Å²) in [6, 6.07) is 6.70. The summed E-state index contributed by atoms with van der Waals surface area (Å²) in [7, 11) is 3.39. The summed E-state index contributed by atoms with van der Waals surface area (Å²) in [4.78, 5) is 27.1. The second-order valence-electron chi connectivity index (χ2n) is 8.13. The molecule has 0 atom stereocenters. The van der Waals surface area contributed by atoms with Crippen LogP contribution in [0, 0.1) is 12.7 Å². The van der Waals surface area contributed by atoms with E-state index in [0.29, 0.717) is 30.2 Å². The number of carbonyl (C=O) groups is 1. The van der Waals surface area contributed by atoms with Crippen molar-refractivity contribution >= 4 is 17.4 Å². The maximum atomic E-state index is 14.5. The zero-order chi connectivity index (χ0) is 23.1. The van der Waals surface area contributed by atoms with Gasteiger partial charge in [0.2, 0.25) is 5.95 Å². The summed E-state index contributed by atoms with van der Waals surface area (Å²) < 4.78 is 21.9. The molecule has 1 amide bonds. The van der Waals surface area contributed by atoms with Crippen molar-refractivity contribution in [1.82, 2.24) is 24.3 Å². The molecule has 168 valence electrons. The average Bonchev–Trinajstić information content (AvgIpc) is 3.48. The number of nitrogens with one attached hydrogen (secondary N) is 1. The minimum Gasteiger partial charge on any atom is -0.493 e. The molecule has 4 heterocycles. The highest BCUT2D eigenvalue weighted by molar-refractivity contribution is 5.93. The largest absolute Gasteiger partial charge is 0.493 e. The first-order valence-corrected chi connectivity index (χ1v) is 10.6. The molecule has 1 aromatic carbocycles. The Labute approximate surface area is 190 Å². The molecule has 5 rings (SSSR count). The number of pyridine rings is 1. The van der Waals surface area contributed by atoms with Crippen LogP contribution in [-0.4, -0.2) is 50.9 Å². The molecule has 8 nitrogen and oxygen atoms in total. The number of fused-ring (bicyclic) bond motifs is 2. The molecule has 0 bridgehead atoms. The maximum Gasteiger partial charge on any atom is 0.271 e. The summed E-state index contributed by atoms with van der Waals surface area (Å²) >= 11 is 0. The Bertz CT molecular complexity index is 1380. The SMILES string of the molecule is Cc1nc(C(=O)N(C)C)ccc1-c1cnc(NCc2c(F)ccc3c2CCO3)n2cncc12. The van der Waals surface area contributed by atoms with Gasteiger partial charge in [-0.05, 0) is 25.1 Å². The molecule has 0 spiro atoms. The second kappa shape index (κ2) is 8.16. The number of ether oxygens (including phenoxy) is 1. The fourth-order valence-corrected chi connectivity index (χ4v) is 4.12. The van der Waals surface area contributed by atoms with Gasteiger partial charge in [0.15, 0.2) is 0 Å². The number of aryl methyl sites for hydroxylation is 1. The first-order chi connectivity index (χ1) is 15.9. The van der Waals surface area contributed by atoms with Crippen molar-refractivity contribution in [3.05, 3.63) is 71.3 Å². The molecule has 0 saturated heterocycles. The molecule has 0 unspecified atom stereocenters. The van der Waals surface area contributed by atoms with Crippen LogP contribution in [0.1, 0.15) is 27.3 Å². The van der Waals surface area contributed by atoms with Gasteiger partial charge < -0.3 is 15.0 Å². The van der Waals surface area contributed by atoms with E-state index in [1.54, 1.807) is 44.9 Å². The first kappa shape index (κ1) is 20.9. The molecular formula is C24H23FN6O2. The number of imidazole rings is 1. The number of halogens is 1. The third-order valence-electron chi connectivity index (χ3n) is 5.82. The smallest absolute Gasteiger partial charge is 0.271 e. The minimum atomic E-state index is -0.265. The van der Waals surface area contributed by atoms with Gasteiger partial charge >= 0.3 is 0 Å². The van der Waals surface area contributed by atoms with Gasteiger partial charge in [-0.15, -0.1) is 0 Å². The van der Waals surface area contributed by atoms with Gasteiger partial charge in [-0.3, -0.25) is 9.20 Å². The van der Waals surface area contributed by atoms with Crippen LogP contribution in [0.5, 0.6) is 5.75 Å². The number of carbonyl (C=O) groups excluding carboxylic acids is 1. The predicted molar refractivity (Wildman–Crippen MR) is 122 cm³/mol. The summed E-state index contributed by atoms with van der Waals surface area (Å²) in [5, 5.41) is 3.24. The van der Waals surface area contributed by atoms with Crippen LogP contribution < -0.4 is 10.1 Å². The van der Waals surface area contributed by atoms with Crippen molar-refractivity contribution in [2.45, 2.75) is 19.9 Å². The van der Waals surface area contributed by atoms with Crippen molar-refractivity contribution in [1.29, 1.82) is 0 Å². The van der Waals surface area contributed by atoms with E-state index in [2.05, 4.69) is 20.3 Å². The Morgan fingerprint density at radius 2 is 2.06 bits per heavy atom. The number of benzene rings is 1. The lowest BCUT2D eigenvalue weighted by atomic mass is 10.0. The normalized spacial score (nSPS) is 12.5. The van der Waals surface area contributed by atoms with Crippen LogP contribution >= 0.6 is 0 Å². The highest BCUT2D eigenvalue weighted by Gasteiger charge is 2.20. The molecule has 1 N–H and O–H groups in total. The van der Waals surface area contributed by atoms with Crippen LogP contribution in [0.3, 0.4) is 0 Å². The Morgan fingerprint density at radius 1 is 1.21 bits per heavy atom. The van der Waals surface area contributed by atoms with E-state index in [0.717, 1.165) is 33.7 Å². The average molecular weight is 446 g/mol.